The molecule has 1 aliphatic rings. The van der Waals surface area contributed by atoms with Crippen LogP contribution >= 0.6 is 0 Å². The van der Waals surface area contributed by atoms with Gasteiger partial charge in [0, 0.05) is 13.0 Å². The average molecular weight is 243 g/mol. The van der Waals surface area contributed by atoms with E-state index in [-0.39, 0.29) is 6.10 Å². The summed E-state index contributed by atoms with van der Waals surface area (Å²) in [6.07, 6.45) is 6.68. The van der Waals surface area contributed by atoms with Crippen LogP contribution in [0.15, 0.2) is 0 Å². The fourth-order valence-electron chi connectivity index (χ4n) is 2.40. The largest absolute Gasteiger partial charge is 0.480 e. The first-order valence-electron chi connectivity index (χ1n) is 6.55. The smallest absolute Gasteiger partial charge is 0.323 e. The summed E-state index contributed by atoms with van der Waals surface area (Å²) < 4.78 is 5.72. The van der Waals surface area contributed by atoms with Crippen LogP contribution in [0.4, 0.5) is 0 Å². The Kier molecular flexibility index (Phi) is 5.40. The molecule has 0 amide bonds. The van der Waals surface area contributed by atoms with Gasteiger partial charge in [0.15, 0.2) is 0 Å². The molecule has 4 nitrogen and oxygen atoms in total. The van der Waals surface area contributed by atoms with Crippen LogP contribution in [-0.4, -0.2) is 29.3 Å². The molecule has 0 spiro atoms. The van der Waals surface area contributed by atoms with Crippen LogP contribution in [0.25, 0.3) is 0 Å². The summed E-state index contributed by atoms with van der Waals surface area (Å²) >= 11 is 0. The van der Waals surface area contributed by atoms with Gasteiger partial charge >= 0.3 is 5.97 Å². The number of ether oxygens (including phenoxy) is 1. The van der Waals surface area contributed by atoms with Crippen LogP contribution in [0.5, 0.6) is 0 Å². The van der Waals surface area contributed by atoms with E-state index in [1.807, 2.05) is 6.92 Å². The maximum atomic E-state index is 10.9. The van der Waals surface area contributed by atoms with Gasteiger partial charge in [-0.1, -0.05) is 19.3 Å². The number of carboxylic acid groups (broad SMARTS) is 1. The van der Waals surface area contributed by atoms with Crippen LogP contribution in [0.1, 0.15) is 52.4 Å². The van der Waals surface area contributed by atoms with Crippen molar-refractivity contribution in [2.45, 2.75) is 64.0 Å². The number of rotatable bonds is 6. The molecule has 0 aromatic heterocycles. The second-order valence-corrected chi connectivity index (χ2v) is 5.57. The van der Waals surface area contributed by atoms with Crippen molar-refractivity contribution in [3.05, 3.63) is 0 Å². The summed E-state index contributed by atoms with van der Waals surface area (Å²) in [4.78, 5) is 10.9. The van der Waals surface area contributed by atoms with Crippen molar-refractivity contribution < 1.29 is 14.6 Å². The summed E-state index contributed by atoms with van der Waals surface area (Å²) in [5, 5.41) is 8.93. The maximum Gasteiger partial charge on any atom is 0.323 e. The molecule has 1 rings (SSSR count). The Morgan fingerprint density at radius 2 is 2.06 bits per heavy atom. The number of hydrogen-bond acceptors (Lipinski definition) is 3. The summed E-state index contributed by atoms with van der Waals surface area (Å²) in [6.45, 7) is 4.18. The van der Waals surface area contributed by atoms with Crippen molar-refractivity contribution in [3.8, 4) is 0 Å². The van der Waals surface area contributed by atoms with Gasteiger partial charge in [0.2, 0.25) is 0 Å². The van der Waals surface area contributed by atoms with Crippen molar-refractivity contribution >= 4 is 5.97 Å². The first-order chi connectivity index (χ1) is 7.92. The summed E-state index contributed by atoms with van der Waals surface area (Å²) in [5.41, 5.74) is 4.50. The van der Waals surface area contributed by atoms with E-state index in [1.165, 1.54) is 39.0 Å². The molecule has 1 fully saturated rings. The predicted molar refractivity (Wildman–Crippen MR) is 66.8 cm³/mol. The molecule has 0 radical (unpaired) electrons. The minimum absolute atomic E-state index is 0.0944. The highest BCUT2D eigenvalue weighted by molar-refractivity contribution is 5.77. The van der Waals surface area contributed by atoms with Crippen LogP contribution in [0.3, 0.4) is 0 Å². The Labute approximate surface area is 104 Å². The van der Waals surface area contributed by atoms with Crippen molar-refractivity contribution in [3.63, 3.8) is 0 Å². The Morgan fingerprint density at radius 1 is 1.47 bits per heavy atom. The monoisotopic (exact) mass is 243 g/mol. The molecule has 0 aromatic rings. The molecule has 2 atom stereocenters. The lowest BCUT2D eigenvalue weighted by Gasteiger charge is -2.26. The highest BCUT2D eigenvalue weighted by atomic mass is 16.5. The lowest BCUT2D eigenvalue weighted by molar-refractivity contribution is -0.144. The zero-order valence-corrected chi connectivity index (χ0v) is 10.9. The van der Waals surface area contributed by atoms with Crippen molar-refractivity contribution in [2.75, 3.05) is 6.61 Å². The van der Waals surface area contributed by atoms with E-state index in [2.05, 4.69) is 0 Å². The van der Waals surface area contributed by atoms with E-state index in [0.717, 1.165) is 6.61 Å². The van der Waals surface area contributed by atoms with Gasteiger partial charge in [0.05, 0.1) is 6.10 Å². The lowest BCUT2D eigenvalue weighted by Crippen LogP contribution is -2.47. The van der Waals surface area contributed by atoms with Gasteiger partial charge < -0.3 is 15.6 Å². The number of nitrogens with two attached hydrogens (primary N) is 1. The van der Waals surface area contributed by atoms with E-state index in [1.54, 1.807) is 0 Å². The molecule has 1 aliphatic carbocycles. The highest BCUT2D eigenvalue weighted by Gasteiger charge is 2.30. The standard InChI is InChI=1S/C13H25NO3/c1-10(8-13(2,14)12(15)16)17-9-11-6-4-3-5-7-11/h10-11H,3-9,14H2,1-2H3,(H,15,16). The summed E-state index contributed by atoms with van der Waals surface area (Å²) in [6, 6.07) is 0. The third kappa shape index (κ3) is 5.04. The van der Waals surface area contributed by atoms with E-state index < -0.39 is 11.5 Å². The Morgan fingerprint density at radius 3 is 2.59 bits per heavy atom. The van der Waals surface area contributed by atoms with E-state index in [0.29, 0.717) is 12.3 Å². The lowest BCUT2D eigenvalue weighted by atomic mass is 9.90. The molecule has 3 N–H and O–H groups in total. The topological polar surface area (TPSA) is 72.6 Å². The molecule has 0 aliphatic heterocycles. The average Bonchev–Trinajstić information content (AvgIpc) is 2.27. The Balaban J connectivity index is 2.24. The zero-order valence-electron chi connectivity index (χ0n) is 10.9. The Bertz CT molecular complexity index is 247. The molecule has 17 heavy (non-hydrogen) atoms. The molecule has 4 heteroatoms. The fourth-order valence-corrected chi connectivity index (χ4v) is 2.40. The van der Waals surface area contributed by atoms with Gasteiger partial charge in [-0.3, -0.25) is 4.79 Å². The fraction of sp³-hybridized carbons (Fsp3) is 0.923. The minimum atomic E-state index is -1.19. The Hall–Kier alpha value is -0.610. The highest BCUT2D eigenvalue weighted by Crippen LogP contribution is 2.24. The molecule has 0 aromatic carbocycles. The van der Waals surface area contributed by atoms with Crippen LogP contribution in [0.2, 0.25) is 0 Å². The van der Waals surface area contributed by atoms with Gasteiger partial charge in [-0.25, -0.2) is 0 Å². The quantitative estimate of drug-likeness (QED) is 0.750. The van der Waals surface area contributed by atoms with Crippen LogP contribution < -0.4 is 5.73 Å². The third-order valence-corrected chi connectivity index (χ3v) is 3.54. The number of hydrogen-bond donors (Lipinski definition) is 2. The number of aliphatic carboxylic acids is 1. The molecule has 1 saturated carbocycles. The molecular weight excluding hydrogens is 218 g/mol. The first kappa shape index (κ1) is 14.5. The molecule has 0 heterocycles. The molecule has 0 saturated heterocycles. The molecule has 2 unspecified atom stereocenters. The van der Waals surface area contributed by atoms with Crippen LogP contribution in [0, 0.1) is 5.92 Å². The van der Waals surface area contributed by atoms with E-state index >= 15 is 0 Å². The summed E-state index contributed by atoms with van der Waals surface area (Å²) in [5.74, 6) is -0.314. The minimum Gasteiger partial charge on any atom is -0.480 e. The van der Waals surface area contributed by atoms with E-state index in [4.69, 9.17) is 15.6 Å². The second kappa shape index (κ2) is 6.36. The maximum absolute atomic E-state index is 10.9. The van der Waals surface area contributed by atoms with Crippen molar-refractivity contribution in [1.82, 2.24) is 0 Å². The SMILES string of the molecule is CC(CC(C)(N)C(=O)O)OCC1CCCCC1. The van der Waals surface area contributed by atoms with Gasteiger partial charge in [-0.05, 0) is 32.6 Å². The third-order valence-electron chi connectivity index (χ3n) is 3.54. The normalized spacial score (nSPS) is 23.0. The van der Waals surface area contributed by atoms with Gasteiger partial charge in [-0.2, -0.15) is 0 Å². The molecular formula is C13H25NO3. The van der Waals surface area contributed by atoms with Crippen molar-refractivity contribution in [2.24, 2.45) is 11.7 Å². The summed E-state index contributed by atoms with van der Waals surface area (Å²) in [7, 11) is 0. The first-order valence-corrected chi connectivity index (χ1v) is 6.55. The predicted octanol–water partition coefficient (Wildman–Crippen LogP) is 2.16. The van der Waals surface area contributed by atoms with Crippen molar-refractivity contribution in [1.29, 1.82) is 0 Å². The van der Waals surface area contributed by atoms with Gasteiger partial charge in [0.1, 0.15) is 5.54 Å². The number of carbonyl (C=O) groups is 1. The van der Waals surface area contributed by atoms with Crippen LogP contribution in [-0.2, 0) is 9.53 Å². The molecule has 0 bridgehead atoms. The second-order valence-electron chi connectivity index (χ2n) is 5.57. The number of carboxylic acids is 1. The van der Waals surface area contributed by atoms with Gasteiger partial charge in [0.25, 0.3) is 0 Å². The molecule has 100 valence electrons. The van der Waals surface area contributed by atoms with Gasteiger partial charge in [-0.15, -0.1) is 0 Å². The van der Waals surface area contributed by atoms with E-state index in [9.17, 15) is 4.79 Å². The zero-order chi connectivity index (χ0) is 12.9.